The molecule has 0 aromatic rings. The summed E-state index contributed by atoms with van der Waals surface area (Å²) < 4.78 is 0. The van der Waals surface area contributed by atoms with Crippen LogP contribution in [0.2, 0.25) is 0 Å². The molecule has 0 aliphatic carbocycles. The molecule has 0 rings (SSSR count). The molecule has 0 saturated carbocycles. The fraction of sp³-hybridized carbons (Fsp3) is 0.818. The first-order chi connectivity index (χ1) is 6.74. The summed E-state index contributed by atoms with van der Waals surface area (Å²) in [7, 11) is 0. The third-order valence-electron chi connectivity index (χ3n) is 2.20. The zero-order chi connectivity index (χ0) is 10.8. The van der Waals surface area contributed by atoms with Crippen molar-refractivity contribution in [2.24, 2.45) is 0 Å². The highest BCUT2D eigenvalue weighted by molar-refractivity contribution is 4.94. The van der Waals surface area contributed by atoms with Crippen LogP contribution in [0.15, 0.2) is 12.2 Å². The van der Waals surface area contributed by atoms with Gasteiger partial charge in [0.25, 0.3) is 0 Å². The standard InChI is InChI=1S/C11H23NO2/c1-3-6-12(8-10-14)7-4-11(2)5-9-13/h13-14H,2-10H2,1H3. The van der Waals surface area contributed by atoms with E-state index in [9.17, 15) is 0 Å². The van der Waals surface area contributed by atoms with Crippen molar-refractivity contribution < 1.29 is 10.2 Å². The molecule has 0 fully saturated rings. The number of aliphatic hydroxyl groups is 2. The normalized spacial score (nSPS) is 10.9. The summed E-state index contributed by atoms with van der Waals surface area (Å²) in [5, 5.41) is 17.5. The van der Waals surface area contributed by atoms with E-state index < -0.39 is 0 Å². The van der Waals surface area contributed by atoms with Crippen molar-refractivity contribution in [2.75, 3.05) is 32.8 Å². The summed E-state index contributed by atoms with van der Waals surface area (Å²) in [6.07, 6.45) is 2.71. The van der Waals surface area contributed by atoms with E-state index in [-0.39, 0.29) is 13.2 Å². The molecular weight excluding hydrogens is 178 g/mol. The van der Waals surface area contributed by atoms with Crippen LogP contribution in [0.4, 0.5) is 0 Å². The van der Waals surface area contributed by atoms with Gasteiger partial charge < -0.3 is 15.1 Å². The lowest BCUT2D eigenvalue weighted by Crippen LogP contribution is -2.29. The van der Waals surface area contributed by atoms with Crippen LogP contribution in [0.5, 0.6) is 0 Å². The molecule has 0 bridgehead atoms. The highest BCUT2D eigenvalue weighted by atomic mass is 16.3. The minimum absolute atomic E-state index is 0.187. The van der Waals surface area contributed by atoms with Crippen LogP contribution >= 0.6 is 0 Å². The van der Waals surface area contributed by atoms with E-state index in [1.807, 2.05) is 0 Å². The fourth-order valence-electron chi connectivity index (χ4n) is 1.39. The van der Waals surface area contributed by atoms with Crippen molar-refractivity contribution in [3.63, 3.8) is 0 Å². The van der Waals surface area contributed by atoms with Gasteiger partial charge >= 0.3 is 0 Å². The maximum absolute atomic E-state index is 8.83. The molecule has 3 heteroatoms. The molecule has 0 radical (unpaired) electrons. The van der Waals surface area contributed by atoms with Gasteiger partial charge in [0.05, 0.1) is 6.61 Å². The fourth-order valence-corrected chi connectivity index (χ4v) is 1.39. The Labute approximate surface area is 87.0 Å². The van der Waals surface area contributed by atoms with Crippen molar-refractivity contribution >= 4 is 0 Å². The molecule has 3 nitrogen and oxygen atoms in total. The van der Waals surface area contributed by atoms with E-state index >= 15 is 0 Å². The lowest BCUT2D eigenvalue weighted by Gasteiger charge is -2.20. The Morgan fingerprint density at radius 2 is 1.79 bits per heavy atom. The third kappa shape index (κ3) is 7.06. The molecule has 84 valence electrons. The summed E-state index contributed by atoms with van der Waals surface area (Å²) in [5.74, 6) is 0. The van der Waals surface area contributed by atoms with Gasteiger partial charge in [-0.15, -0.1) is 0 Å². The molecule has 2 N–H and O–H groups in total. The Hall–Kier alpha value is -0.380. The molecule has 0 heterocycles. The van der Waals surface area contributed by atoms with Crippen molar-refractivity contribution in [1.82, 2.24) is 4.90 Å². The molecular formula is C11H23NO2. The number of hydrogen-bond donors (Lipinski definition) is 2. The molecule has 14 heavy (non-hydrogen) atoms. The highest BCUT2D eigenvalue weighted by Gasteiger charge is 2.03. The Kier molecular flexibility index (Phi) is 8.94. The van der Waals surface area contributed by atoms with Crippen LogP contribution in [-0.2, 0) is 0 Å². The van der Waals surface area contributed by atoms with Crippen LogP contribution in [0, 0.1) is 0 Å². The number of aliphatic hydroxyl groups excluding tert-OH is 2. The minimum atomic E-state index is 0.187. The molecule has 0 atom stereocenters. The van der Waals surface area contributed by atoms with E-state index in [0.29, 0.717) is 6.42 Å². The highest BCUT2D eigenvalue weighted by Crippen LogP contribution is 2.05. The predicted octanol–water partition coefficient (Wildman–Crippen LogP) is 1.02. The van der Waals surface area contributed by atoms with Gasteiger partial charge in [0.1, 0.15) is 0 Å². The Morgan fingerprint density at radius 3 is 2.29 bits per heavy atom. The Balaban J connectivity index is 3.63. The molecule has 0 amide bonds. The summed E-state index contributed by atoms with van der Waals surface area (Å²) in [6.45, 7) is 9.12. The minimum Gasteiger partial charge on any atom is -0.396 e. The van der Waals surface area contributed by atoms with Gasteiger partial charge in [0.2, 0.25) is 0 Å². The van der Waals surface area contributed by atoms with Crippen LogP contribution in [0.3, 0.4) is 0 Å². The molecule has 0 saturated heterocycles. The van der Waals surface area contributed by atoms with Crippen LogP contribution in [0.25, 0.3) is 0 Å². The van der Waals surface area contributed by atoms with E-state index in [2.05, 4.69) is 18.4 Å². The van der Waals surface area contributed by atoms with E-state index in [0.717, 1.165) is 38.0 Å². The maximum Gasteiger partial charge on any atom is 0.0558 e. The quantitative estimate of drug-likeness (QED) is 0.547. The Morgan fingerprint density at radius 1 is 1.07 bits per heavy atom. The predicted molar refractivity (Wildman–Crippen MR) is 59.3 cm³/mol. The Bertz CT molecular complexity index is 142. The van der Waals surface area contributed by atoms with Crippen LogP contribution in [-0.4, -0.2) is 48.0 Å². The lowest BCUT2D eigenvalue weighted by molar-refractivity contribution is 0.196. The van der Waals surface area contributed by atoms with Gasteiger partial charge in [0.15, 0.2) is 0 Å². The zero-order valence-corrected chi connectivity index (χ0v) is 9.21. The molecule has 0 aliphatic rings. The molecule has 0 aliphatic heterocycles. The first-order valence-electron chi connectivity index (χ1n) is 5.35. The average Bonchev–Trinajstić information content (AvgIpc) is 2.15. The smallest absolute Gasteiger partial charge is 0.0558 e. The second-order valence-electron chi connectivity index (χ2n) is 3.54. The van der Waals surface area contributed by atoms with Crippen LogP contribution < -0.4 is 0 Å². The van der Waals surface area contributed by atoms with E-state index in [4.69, 9.17) is 10.2 Å². The van der Waals surface area contributed by atoms with Crippen molar-refractivity contribution in [3.05, 3.63) is 12.2 Å². The second kappa shape index (κ2) is 9.19. The second-order valence-corrected chi connectivity index (χ2v) is 3.54. The number of rotatable bonds is 9. The largest absolute Gasteiger partial charge is 0.396 e. The van der Waals surface area contributed by atoms with Gasteiger partial charge in [-0.25, -0.2) is 0 Å². The first kappa shape index (κ1) is 13.6. The first-order valence-corrected chi connectivity index (χ1v) is 5.35. The lowest BCUT2D eigenvalue weighted by atomic mass is 10.1. The van der Waals surface area contributed by atoms with E-state index in [1.54, 1.807) is 0 Å². The summed E-state index contributed by atoms with van der Waals surface area (Å²) in [4.78, 5) is 2.22. The number of nitrogens with zero attached hydrogens (tertiary/aromatic N) is 1. The van der Waals surface area contributed by atoms with Gasteiger partial charge in [-0.2, -0.15) is 0 Å². The van der Waals surface area contributed by atoms with Gasteiger partial charge in [-0.1, -0.05) is 19.1 Å². The maximum atomic E-state index is 8.83. The van der Waals surface area contributed by atoms with Crippen molar-refractivity contribution in [3.8, 4) is 0 Å². The molecule has 0 aromatic carbocycles. The van der Waals surface area contributed by atoms with Crippen molar-refractivity contribution in [1.29, 1.82) is 0 Å². The summed E-state index contributed by atoms with van der Waals surface area (Å²) in [5.41, 5.74) is 1.09. The van der Waals surface area contributed by atoms with Gasteiger partial charge in [-0.05, 0) is 25.8 Å². The number of hydrogen-bond acceptors (Lipinski definition) is 3. The van der Waals surface area contributed by atoms with Crippen LogP contribution in [0.1, 0.15) is 26.2 Å². The van der Waals surface area contributed by atoms with Gasteiger partial charge in [0, 0.05) is 19.7 Å². The summed E-state index contributed by atoms with van der Waals surface area (Å²) >= 11 is 0. The molecule has 0 aromatic heterocycles. The molecule has 0 unspecified atom stereocenters. The third-order valence-corrected chi connectivity index (χ3v) is 2.20. The topological polar surface area (TPSA) is 43.7 Å². The van der Waals surface area contributed by atoms with E-state index in [1.165, 1.54) is 0 Å². The SMILES string of the molecule is C=C(CCO)CCN(CCC)CCO. The zero-order valence-electron chi connectivity index (χ0n) is 9.21. The van der Waals surface area contributed by atoms with Crippen molar-refractivity contribution in [2.45, 2.75) is 26.2 Å². The summed E-state index contributed by atoms with van der Waals surface area (Å²) in [6, 6.07) is 0. The average molecular weight is 201 g/mol. The van der Waals surface area contributed by atoms with Gasteiger partial charge in [-0.3, -0.25) is 0 Å². The monoisotopic (exact) mass is 201 g/mol. The molecule has 0 spiro atoms.